The Bertz CT molecular complexity index is 841. The third-order valence-corrected chi connectivity index (χ3v) is 7.51. The van der Waals surface area contributed by atoms with Gasteiger partial charge < -0.3 is 9.64 Å². The molecule has 0 saturated carbocycles. The Labute approximate surface area is 189 Å². The molecule has 2 aromatic rings. The smallest absolute Gasteiger partial charge is 0.123 e. The molecule has 2 aromatic carbocycles. The molecule has 2 aliphatic rings. The van der Waals surface area contributed by atoms with E-state index in [0.29, 0.717) is 17.9 Å². The second kappa shape index (κ2) is 10.1. The van der Waals surface area contributed by atoms with Gasteiger partial charge in [-0.05, 0) is 85.9 Å². The minimum Gasteiger partial charge on any atom is -0.494 e. The summed E-state index contributed by atoms with van der Waals surface area (Å²) < 4.78 is 6.07. The molecular weight excluding hydrogens is 380 g/mol. The molecule has 3 atom stereocenters. The molecule has 2 aliphatic heterocycles. The van der Waals surface area contributed by atoms with Crippen molar-refractivity contribution >= 4 is 5.69 Å². The summed E-state index contributed by atoms with van der Waals surface area (Å²) in [6.07, 6.45) is 4.98. The lowest BCUT2D eigenvalue weighted by molar-refractivity contribution is 0.270. The normalized spacial score (nSPS) is 22.8. The van der Waals surface area contributed by atoms with Crippen molar-refractivity contribution in [1.82, 2.24) is 4.90 Å². The van der Waals surface area contributed by atoms with E-state index in [1.165, 1.54) is 54.7 Å². The zero-order chi connectivity index (χ0) is 21.8. The Kier molecular flexibility index (Phi) is 7.22. The fourth-order valence-electron chi connectivity index (χ4n) is 5.44. The van der Waals surface area contributed by atoms with E-state index >= 15 is 0 Å². The molecule has 2 unspecified atom stereocenters. The quantitative estimate of drug-likeness (QED) is 0.470. The monoisotopic (exact) mass is 420 g/mol. The van der Waals surface area contributed by atoms with Gasteiger partial charge in [0.25, 0.3) is 0 Å². The van der Waals surface area contributed by atoms with E-state index < -0.39 is 0 Å². The topological polar surface area (TPSA) is 15.7 Å². The van der Waals surface area contributed by atoms with Gasteiger partial charge >= 0.3 is 0 Å². The highest BCUT2D eigenvalue weighted by Crippen LogP contribution is 2.42. The van der Waals surface area contributed by atoms with Crippen molar-refractivity contribution in [3.63, 3.8) is 0 Å². The molecule has 3 nitrogen and oxygen atoms in total. The summed E-state index contributed by atoms with van der Waals surface area (Å²) in [5.74, 6) is 2.19. The van der Waals surface area contributed by atoms with Crippen molar-refractivity contribution in [2.24, 2.45) is 0 Å². The van der Waals surface area contributed by atoms with Crippen molar-refractivity contribution in [2.45, 2.75) is 71.3 Å². The van der Waals surface area contributed by atoms with Gasteiger partial charge in [-0.25, -0.2) is 0 Å². The fourth-order valence-corrected chi connectivity index (χ4v) is 5.44. The van der Waals surface area contributed by atoms with E-state index in [9.17, 15) is 0 Å². The largest absolute Gasteiger partial charge is 0.494 e. The van der Waals surface area contributed by atoms with Crippen LogP contribution in [-0.4, -0.2) is 37.7 Å². The van der Waals surface area contributed by atoms with Gasteiger partial charge in [-0.2, -0.15) is 0 Å². The Morgan fingerprint density at radius 2 is 1.68 bits per heavy atom. The van der Waals surface area contributed by atoms with Gasteiger partial charge in [0.2, 0.25) is 0 Å². The molecule has 168 valence electrons. The molecule has 2 saturated heterocycles. The van der Waals surface area contributed by atoms with Crippen LogP contribution in [0.3, 0.4) is 0 Å². The van der Waals surface area contributed by atoms with Crippen LogP contribution in [0, 0.1) is 0 Å². The lowest BCUT2D eigenvalue weighted by Gasteiger charge is -2.24. The van der Waals surface area contributed by atoms with E-state index in [1.807, 2.05) is 0 Å². The van der Waals surface area contributed by atoms with Crippen LogP contribution in [-0.2, 0) is 0 Å². The molecule has 4 rings (SSSR count). The van der Waals surface area contributed by atoms with Crippen LogP contribution < -0.4 is 9.64 Å². The van der Waals surface area contributed by atoms with Crippen molar-refractivity contribution < 1.29 is 4.74 Å². The minimum absolute atomic E-state index is 0.507. The molecule has 0 N–H and O–H groups in total. The van der Waals surface area contributed by atoms with Crippen LogP contribution in [0.1, 0.15) is 87.9 Å². The number of hydrogen-bond acceptors (Lipinski definition) is 3. The van der Waals surface area contributed by atoms with Crippen LogP contribution in [0.15, 0.2) is 42.5 Å². The van der Waals surface area contributed by atoms with Crippen LogP contribution in [0.25, 0.3) is 0 Å². The van der Waals surface area contributed by atoms with Gasteiger partial charge in [0.05, 0.1) is 6.61 Å². The zero-order valence-electron chi connectivity index (χ0n) is 19.9. The van der Waals surface area contributed by atoms with E-state index in [4.69, 9.17) is 4.74 Å². The molecule has 3 heteroatoms. The van der Waals surface area contributed by atoms with Crippen LogP contribution >= 0.6 is 0 Å². The van der Waals surface area contributed by atoms with Crippen molar-refractivity contribution in [2.75, 3.05) is 37.7 Å². The highest BCUT2D eigenvalue weighted by Gasteiger charge is 2.33. The molecular formula is C28H40N2O. The molecule has 2 fully saturated rings. The summed E-state index contributed by atoms with van der Waals surface area (Å²) >= 11 is 0. The first-order valence-corrected chi connectivity index (χ1v) is 12.5. The Hall–Kier alpha value is -2.00. The summed E-state index contributed by atoms with van der Waals surface area (Å²) in [6.45, 7) is 14.3. The van der Waals surface area contributed by atoms with Gasteiger partial charge in [0.1, 0.15) is 5.75 Å². The molecule has 0 aliphatic carbocycles. The summed E-state index contributed by atoms with van der Waals surface area (Å²) in [6, 6.07) is 17.0. The Morgan fingerprint density at radius 1 is 0.968 bits per heavy atom. The number of likely N-dealkylation sites (tertiary alicyclic amines) is 1. The molecule has 0 spiro atoms. The molecule has 2 heterocycles. The standard InChI is InChI=1S/C28H40N2O/c1-5-21(4)26-15-12-23(19-28(26)31-7-3)24-18-27(29(6-2)20-24)22-10-13-25(14-11-22)30-16-8-9-17-30/h10-15,19,21,24,27H,5-9,16-18,20H2,1-4H3/t21?,24-,27?/m1/s1. The second-order valence-electron chi connectivity index (χ2n) is 9.36. The predicted molar refractivity (Wildman–Crippen MR) is 132 cm³/mol. The number of ether oxygens (including phenoxy) is 1. The SMILES string of the molecule is CCOc1cc([C@@H]2CC(c3ccc(N4CCCC4)cc3)N(CC)C2)ccc1C(C)CC. The maximum atomic E-state index is 6.07. The minimum atomic E-state index is 0.507. The van der Waals surface area contributed by atoms with E-state index in [-0.39, 0.29) is 0 Å². The lowest BCUT2D eigenvalue weighted by Crippen LogP contribution is -2.23. The van der Waals surface area contributed by atoms with Crippen LogP contribution in [0.4, 0.5) is 5.69 Å². The highest BCUT2D eigenvalue weighted by molar-refractivity contribution is 5.49. The molecule has 0 amide bonds. The van der Waals surface area contributed by atoms with Crippen molar-refractivity contribution in [3.05, 3.63) is 59.2 Å². The van der Waals surface area contributed by atoms with Crippen molar-refractivity contribution in [3.8, 4) is 5.75 Å². The maximum Gasteiger partial charge on any atom is 0.123 e. The highest BCUT2D eigenvalue weighted by atomic mass is 16.5. The van der Waals surface area contributed by atoms with Gasteiger partial charge in [0.15, 0.2) is 0 Å². The fraction of sp³-hybridized carbons (Fsp3) is 0.571. The number of nitrogens with zero attached hydrogens (tertiary/aromatic N) is 2. The Morgan fingerprint density at radius 3 is 2.32 bits per heavy atom. The average Bonchev–Trinajstić information content (AvgIpc) is 3.49. The van der Waals surface area contributed by atoms with Crippen LogP contribution in [0.5, 0.6) is 5.75 Å². The average molecular weight is 421 g/mol. The number of hydrogen-bond donors (Lipinski definition) is 0. The Balaban J connectivity index is 1.53. The third-order valence-electron chi connectivity index (χ3n) is 7.51. The molecule has 0 bridgehead atoms. The van der Waals surface area contributed by atoms with Gasteiger partial charge in [0, 0.05) is 31.4 Å². The second-order valence-corrected chi connectivity index (χ2v) is 9.36. The molecule has 0 aromatic heterocycles. The third kappa shape index (κ3) is 4.77. The summed E-state index contributed by atoms with van der Waals surface area (Å²) in [5.41, 5.74) is 5.65. The van der Waals surface area contributed by atoms with E-state index in [1.54, 1.807) is 0 Å². The van der Waals surface area contributed by atoms with Crippen molar-refractivity contribution in [1.29, 1.82) is 0 Å². The molecule has 0 radical (unpaired) electrons. The summed E-state index contributed by atoms with van der Waals surface area (Å²) in [7, 11) is 0. The number of benzene rings is 2. The first kappa shape index (κ1) is 22.2. The zero-order valence-corrected chi connectivity index (χ0v) is 19.9. The first-order valence-electron chi connectivity index (χ1n) is 12.5. The van der Waals surface area contributed by atoms with Crippen LogP contribution in [0.2, 0.25) is 0 Å². The van der Waals surface area contributed by atoms with Gasteiger partial charge in [-0.1, -0.05) is 45.0 Å². The molecule has 31 heavy (non-hydrogen) atoms. The number of rotatable bonds is 8. The maximum absolute atomic E-state index is 6.07. The lowest BCUT2D eigenvalue weighted by atomic mass is 9.90. The predicted octanol–water partition coefficient (Wildman–Crippen LogP) is 6.75. The van der Waals surface area contributed by atoms with E-state index in [0.717, 1.165) is 31.9 Å². The summed E-state index contributed by atoms with van der Waals surface area (Å²) in [5, 5.41) is 0. The van der Waals surface area contributed by atoms with Gasteiger partial charge in [-0.15, -0.1) is 0 Å². The first-order chi connectivity index (χ1) is 15.1. The number of likely N-dealkylation sites (N-methyl/N-ethyl adjacent to an activating group) is 1. The summed E-state index contributed by atoms with van der Waals surface area (Å²) in [4.78, 5) is 5.17. The number of anilines is 1. The van der Waals surface area contributed by atoms with Gasteiger partial charge in [-0.3, -0.25) is 4.90 Å². The van der Waals surface area contributed by atoms with E-state index in [2.05, 4.69) is 80.0 Å².